The molecule has 0 amide bonds. The summed E-state index contributed by atoms with van der Waals surface area (Å²) in [5.74, 6) is 0. The van der Waals surface area contributed by atoms with Crippen LogP contribution in [0.2, 0.25) is 0 Å². The zero-order chi connectivity index (χ0) is 14.8. The highest BCUT2D eigenvalue weighted by Gasteiger charge is 2.10. The lowest BCUT2D eigenvalue weighted by Gasteiger charge is -2.25. The van der Waals surface area contributed by atoms with Crippen LogP contribution in [0.4, 0.5) is 0 Å². The van der Waals surface area contributed by atoms with Crippen LogP contribution in [0.25, 0.3) is 0 Å². The van der Waals surface area contributed by atoms with Gasteiger partial charge in [0.2, 0.25) is 0 Å². The fraction of sp³-hybridized carbons (Fsp3) is 0.647. The molecule has 3 heteroatoms. The SMILES string of the molecule is CCOCCCNCC(C)N(C)Cc1ccccc1C. The Bertz CT molecular complexity index is 368. The van der Waals surface area contributed by atoms with Gasteiger partial charge in [-0.05, 0) is 51.9 Å². The summed E-state index contributed by atoms with van der Waals surface area (Å²) >= 11 is 0. The van der Waals surface area contributed by atoms with Crippen molar-refractivity contribution in [2.75, 3.05) is 33.4 Å². The summed E-state index contributed by atoms with van der Waals surface area (Å²) in [7, 11) is 2.19. The minimum absolute atomic E-state index is 0.529. The molecule has 1 rings (SSSR count). The molecule has 1 N–H and O–H groups in total. The molecule has 0 bridgehead atoms. The number of benzene rings is 1. The Morgan fingerprint density at radius 1 is 1.30 bits per heavy atom. The van der Waals surface area contributed by atoms with E-state index in [9.17, 15) is 0 Å². The monoisotopic (exact) mass is 278 g/mol. The van der Waals surface area contributed by atoms with Crippen LogP contribution in [-0.2, 0) is 11.3 Å². The van der Waals surface area contributed by atoms with Gasteiger partial charge in [0.15, 0.2) is 0 Å². The van der Waals surface area contributed by atoms with Crippen molar-refractivity contribution >= 4 is 0 Å². The van der Waals surface area contributed by atoms with Crippen LogP contribution in [0.3, 0.4) is 0 Å². The maximum absolute atomic E-state index is 5.33. The van der Waals surface area contributed by atoms with Crippen molar-refractivity contribution in [3.05, 3.63) is 35.4 Å². The molecule has 114 valence electrons. The van der Waals surface area contributed by atoms with Crippen molar-refractivity contribution in [2.45, 2.75) is 39.8 Å². The van der Waals surface area contributed by atoms with E-state index in [1.165, 1.54) is 11.1 Å². The molecule has 1 aromatic rings. The lowest BCUT2D eigenvalue weighted by Crippen LogP contribution is -2.38. The maximum Gasteiger partial charge on any atom is 0.0477 e. The van der Waals surface area contributed by atoms with E-state index in [0.29, 0.717) is 6.04 Å². The maximum atomic E-state index is 5.33. The smallest absolute Gasteiger partial charge is 0.0477 e. The molecule has 0 fully saturated rings. The second kappa shape index (κ2) is 9.92. The number of ether oxygens (including phenoxy) is 1. The predicted molar refractivity (Wildman–Crippen MR) is 86.1 cm³/mol. The van der Waals surface area contributed by atoms with Crippen LogP contribution in [0.15, 0.2) is 24.3 Å². The Labute approximate surface area is 124 Å². The lowest BCUT2D eigenvalue weighted by atomic mass is 10.1. The summed E-state index contributed by atoms with van der Waals surface area (Å²) in [5, 5.41) is 3.50. The standard InChI is InChI=1S/C17H30N2O/c1-5-20-12-8-11-18-13-16(3)19(4)14-17-10-7-6-9-15(17)2/h6-7,9-10,16,18H,5,8,11-14H2,1-4H3. The molecular weight excluding hydrogens is 248 g/mol. The summed E-state index contributed by atoms with van der Waals surface area (Å²) < 4.78 is 5.33. The zero-order valence-electron chi connectivity index (χ0n) is 13.5. The average Bonchev–Trinajstić information content (AvgIpc) is 2.44. The average molecular weight is 278 g/mol. The van der Waals surface area contributed by atoms with Gasteiger partial charge in [0.05, 0.1) is 0 Å². The molecule has 1 aromatic carbocycles. The third-order valence-electron chi connectivity index (χ3n) is 3.72. The van der Waals surface area contributed by atoms with Crippen LogP contribution < -0.4 is 5.32 Å². The Hall–Kier alpha value is -0.900. The van der Waals surface area contributed by atoms with Gasteiger partial charge in [0, 0.05) is 32.3 Å². The number of aryl methyl sites for hydroxylation is 1. The first-order chi connectivity index (χ1) is 9.65. The molecule has 20 heavy (non-hydrogen) atoms. The lowest BCUT2D eigenvalue weighted by molar-refractivity contribution is 0.144. The van der Waals surface area contributed by atoms with Crippen LogP contribution in [0.1, 0.15) is 31.4 Å². The quantitative estimate of drug-likeness (QED) is 0.666. The second-order valence-corrected chi connectivity index (χ2v) is 5.45. The molecule has 0 radical (unpaired) electrons. The Morgan fingerprint density at radius 2 is 2.05 bits per heavy atom. The van der Waals surface area contributed by atoms with Gasteiger partial charge in [-0.3, -0.25) is 4.90 Å². The van der Waals surface area contributed by atoms with Gasteiger partial charge in [-0.1, -0.05) is 24.3 Å². The van der Waals surface area contributed by atoms with Crippen molar-refractivity contribution in [3.63, 3.8) is 0 Å². The van der Waals surface area contributed by atoms with Gasteiger partial charge in [-0.2, -0.15) is 0 Å². The van der Waals surface area contributed by atoms with E-state index < -0.39 is 0 Å². The highest BCUT2D eigenvalue weighted by atomic mass is 16.5. The summed E-state index contributed by atoms with van der Waals surface area (Å²) in [4.78, 5) is 2.40. The van der Waals surface area contributed by atoms with E-state index in [1.807, 2.05) is 6.92 Å². The molecule has 0 aliphatic heterocycles. The number of likely N-dealkylation sites (N-methyl/N-ethyl adjacent to an activating group) is 1. The number of hydrogen-bond acceptors (Lipinski definition) is 3. The highest BCUT2D eigenvalue weighted by Crippen LogP contribution is 2.10. The topological polar surface area (TPSA) is 24.5 Å². The van der Waals surface area contributed by atoms with E-state index >= 15 is 0 Å². The molecule has 1 unspecified atom stereocenters. The normalized spacial score (nSPS) is 12.8. The van der Waals surface area contributed by atoms with E-state index in [1.54, 1.807) is 0 Å². The molecule has 0 heterocycles. The second-order valence-electron chi connectivity index (χ2n) is 5.45. The van der Waals surface area contributed by atoms with Crippen LogP contribution >= 0.6 is 0 Å². The Balaban J connectivity index is 2.22. The van der Waals surface area contributed by atoms with E-state index in [2.05, 4.69) is 55.4 Å². The first-order valence-electron chi connectivity index (χ1n) is 7.68. The van der Waals surface area contributed by atoms with Crippen molar-refractivity contribution in [2.24, 2.45) is 0 Å². The summed E-state index contributed by atoms with van der Waals surface area (Å²) in [6.07, 6.45) is 1.09. The number of rotatable bonds is 10. The van der Waals surface area contributed by atoms with Crippen LogP contribution in [0, 0.1) is 6.92 Å². The van der Waals surface area contributed by atoms with E-state index in [0.717, 1.165) is 39.3 Å². The molecule has 1 atom stereocenters. The summed E-state index contributed by atoms with van der Waals surface area (Å²) in [5.41, 5.74) is 2.79. The minimum Gasteiger partial charge on any atom is -0.382 e. The van der Waals surface area contributed by atoms with Gasteiger partial charge in [-0.25, -0.2) is 0 Å². The van der Waals surface area contributed by atoms with Gasteiger partial charge in [0.25, 0.3) is 0 Å². The van der Waals surface area contributed by atoms with Gasteiger partial charge in [-0.15, -0.1) is 0 Å². The molecule has 0 spiro atoms. The van der Waals surface area contributed by atoms with Gasteiger partial charge in [0.1, 0.15) is 0 Å². The van der Waals surface area contributed by atoms with E-state index in [-0.39, 0.29) is 0 Å². The minimum atomic E-state index is 0.529. The predicted octanol–water partition coefficient (Wildman–Crippen LogP) is 2.83. The van der Waals surface area contributed by atoms with Crippen molar-refractivity contribution in [3.8, 4) is 0 Å². The third kappa shape index (κ3) is 6.51. The number of nitrogens with one attached hydrogen (secondary N) is 1. The molecule has 0 aliphatic rings. The fourth-order valence-electron chi connectivity index (χ4n) is 2.12. The first-order valence-corrected chi connectivity index (χ1v) is 7.68. The Morgan fingerprint density at radius 3 is 2.75 bits per heavy atom. The third-order valence-corrected chi connectivity index (χ3v) is 3.72. The summed E-state index contributed by atoms with van der Waals surface area (Å²) in [6.45, 7) is 11.2. The molecule has 0 saturated carbocycles. The van der Waals surface area contributed by atoms with Crippen LogP contribution in [-0.4, -0.2) is 44.3 Å². The van der Waals surface area contributed by atoms with E-state index in [4.69, 9.17) is 4.74 Å². The molecular formula is C17H30N2O. The van der Waals surface area contributed by atoms with Crippen molar-refractivity contribution in [1.82, 2.24) is 10.2 Å². The molecule has 0 saturated heterocycles. The summed E-state index contributed by atoms with van der Waals surface area (Å²) in [6, 6.07) is 9.14. The molecule has 0 aromatic heterocycles. The first kappa shape index (κ1) is 17.2. The molecule has 3 nitrogen and oxygen atoms in total. The largest absolute Gasteiger partial charge is 0.382 e. The fourth-order valence-corrected chi connectivity index (χ4v) is 2.12. The number of hydrogen-bond donors (Lipinski definition) is 1. The van der Waals surface area contributed by atoms with Crippen LogP contribution in [0.5, 0.6) is 0 Å². The molecule has 0 aliphatic carbocycles. The van der Waals surface area contributed by atoms with Gasteiger partial charge >= 0.3 is 0 Å². The van der Waals surface area contributed by atoms with Crippen molar-refractivity contribution in [1.29, 1.82) is 0 Å². The van der Waals surface area contributed by atoms with Crippen molar-refractivity contribution < 1.29 is 4.74 Å². The van der Waals surface area contributed by atoms with Gasteiger partial charge < -0.3 is 10.1 Å². The zero-order valence-corrected chi connectivity index (χ0v) is 13.5. The highest BCUT2D eigenvalue weighted by molar-refractivity contribution is 5.25. The number of nitrogens with zero attached hydrogens (tertiary/aromatic N) is 1. The Kier molecular flexibility index (Phi) is 8.51.